The molecule has 0 saturated carbocycles. The largest absolute Gasteiger partial charge is 0.460 e. The van der Waals surface area contributed by atoms with Gasteiger partial charge in [-0.15, -0.1) is 0 Å². The molecule has 0 unspecified atom stereocenters. The molecule has 2 saturated heterocycles. The first kappa shape index (κ1) is 32.3. The molecule has 2 aliphatic heterocycles. The molecule has 0 N–H and O–H groups in total. The van der Waals surface area contributed by atoms with E-state index in [1.54, 1.807) is 39.0 Å². The van der Waals surface area contributed by atoms with Crippen LogP contribution >= 0.6 is 0 Å². The fourth-order valence-electron chi connectivity index (χ4n) is 6.11. The average Bonchev–Trinajstić information content (AvgIpc) is 3.67. The fourth-order valence-corrected chi connectivity index (χ4v) is 6.11. The molecule has 2 fully saturated rings. The number of fused-ring (bicyclic) bond motifs is 1. The van der Waals surface area contributed by atoms with Crippen molar-refractivity contribution in [3.63, 3.8) is 0 Å². The van der Waals surface area contributed by atoms with E-state index in [0.29, 0.717) is 53.8 Å². The van der Waals surface area contributed by atoms with Gasteiger partial charge in [0.2, 0.25) is 5.89 Å². The van der Waals surface area contributed by atoms with E-state index in [9.17, 15) is 9.59 Å². The van der Waals surface area contributed by atoms with Crippen LogP contribution in [0, 0.1) is 11.6 Å². The Kier molecular flexibility index (Phi) is 8.82. The van der Waals surface area contributed by atoms with Crippen molar-refractivity contribution in [2.45, 2.75) is 71.3 Å². The minimum Gasteiger partial charge on any atom is -0.460 e. The van der Waals surface area contributed by atoms with Crippen molar-refractivity contribution in [1.82, 2.24) is 25.0 Å². The molecule has 0 atom stereocenters. The molecule has 13 heteroatoms. The maximum absolute atomic E-state index is 15.6. The van der Waals surface area contributed by atoms with Gasteiger partial charge in [0, 0.05) is 50.1 Å². The number of ether oxygens (including phenoxy) is 1. The van der Waals surface area contributed by atoms with E-state index in [1.165, 1.54) is 28.3 Å². The number of urea groups is 1. The molecule has 47 heavy (non-hydrogen) atoms. The van der Waals surface area contributed by atoms with E-state index in [1.807, 2.05) is 18.7 Å². The van der Waals surface area contributed by atoms with Crippen LogP contribution in [0.25, 0.3) is 22.0 Å². The van der Waals surface area contributed by atoms with Crippen molar-refractivity contribution in [1.29, 1.82) is 0 Å². The van der Waals surface area contributed by atoms with E-state index >= 15 is 8.78 Å². The number of nitrogens with zero attached hydrogens (tertiary/aromatic N) is 7. The van der Waals surface area contributed by atoms with Gasteiger partial charge >= 0.3 is 12.0 Å². The summed E-state index contributed by atoms with van der Waals surface area (Å²) in [6.45, 7) is 11.4. The summed E-state index contributed by atoms with van der Waals surface area (Å²) in [4.78, 5) is 43.6. The lowest BCUT2D eigenvalue weighted by molar-refractivity contribution is -0.154. The maximum atomic E-state index is 15.6. The number of benzene rings is 2. The number of esters is 1. The summed E-state index contributed by atoms with van der Waals surface area (Å²) in [6.07, 6.45) is 2.96. The number of halogens is 2. The summed E-state index contributed by atoms with van der Waals surface area (Å²) >= 11 is 0. The number of carbonyl (C=O) groups is 2. The summed E-state index contributed by atoms with van der Waals surface area (Å²) in [5.74, 6) is 0.629. The molecule has 11 nitrogen and oxygen atoms in total. The molecule has 2 aliphatic rings. The summed E-state index contributed by atoms with van der Waals surface area (Å²) < 4.78 is 41.8. The standard InChI is InChI=1S/C34H39F2N7O4/c1-20(2)32-39-30(40-47-32)21-10-13-41(14-11-21)31-28-24(35)8-7-23(29(28)37-19-38-31)22-6-9-26(25(36)18-22)43-17-16-42(33(43)45)15-12-27(44)46-34(3,4)5/h6-9,18-21H,10-17H2,1-5H3. The Bertz CT molecular complexity index is 1800. The first-order chi connectivity index (χ1) is 22.4. The third kappa shape index (κ3) is 6.75. The van der Waals surface area contributed by atoms with Crippen LogP contribution in [0.1, 0.15) is 77.4 Å². The molecule has 6 rings (SSSR count). The number of piperidine rings is 1. The number of hydrogen-bond acceptors (Lipinski definition) is 9. The Morgan fingerprint density at radius 3 is 2.49 bits per heavy atom. The maximum Gasteiger partial charge on any atom is 0.324 e. The molecule has 4 aromatic rings. The van der Waals surface area contributed by atoms with Crippen molar-refractivity contribution < 1.29 is 27.6 Å². The van der Waals surface area contributed by atoms with Crippen LogP contribution in [0.15, 0.2) is 41.2 Å². The molecular weight excluding hydrogens is 608 g/mol. The predicted octanol–water partition coefficient (Wildman–Crippen LogP) is 6.44. The summed E-state index contributed by atoms with van der Waals surface area (Å²) in [6, 6.07) is 7.13. The third-order valence-electron chi connectivity index (χ3n) is 8.48. The van der Waals surface area contributed by atoms with Crippen LogP contribution in [0.5, 0.6) is 0 Å². The molecule has 0 spiro atoms. The number of rotatable bonds is 8. The zero-order valence-corrected chi connectivity index (χ0v) is 27.3. The van der Waals surface area contributed by atoms with Crippen LogP contribution in [0.3, 0.4) is 0 Å². The molecule has 2 aromatic heterocycles. The van der Waals surface area contributed by atoms with Gasteiger partial charge in [-0.1, -0.05) is 25.1 Å². The number of aromatic nitrogens is 4. The van der Waals surface area contributed by atoms with Crippen molar-refractivity contribution in [3.05, 3.63) is 60.0 Å². The van der Waals surface area contributed by atoms with E-state index in [2.05, 4.69) is 20.1 Å². The highest BCUT2D eigenvalue weighted by Gasteiger charge is 2.32. The summed E-state index contributed by atoms with van der Waals surface area (Å²) in [5.41, 5.74) is 0.925. The highest BCUT2D eigenvalue weighted by atomic mass is 19.1. The molecule has 0 aliphatic carbocycles. The molecule has 4 heterocycles. The second-order valence-corrected chi connectivity index (χ2v) is 13.3. The van der Waals surface area contributed by atoms with E-state index in [4.69, 9.17) is 9.26 Å². The van der Waals surface area contributed by atoms with Crippen LogP contribution in [-0.4, -0.2) is 75.3 Å². The third-order valence-corrected chi connectivity index (χ3v) is 8.48. The molecule has 0 radical (unpaired) electrons. The molecular formula is C34H39F2N7O4. The van der Waals surface area contributed by atoms with Gasteiger partial charge in [0.25, 0.3) is 0 Å². The Morgan fingerprint density at radius 1 is 1.04 bits per heavy atom. The monoisotopic (exact) mass is 647 g/mol. The van der Waals surface area contributed by atoms with E-state index in [-0.39, 0.29) is 48.5 Å². The minimum absolute atomic E-state index is 0.0513. The van der Waals surface area contributed by atoms with Gasteiger partial charge in [0.05, 0.1) is 23.0 Å². The molecule has 2 amide bonds. The van der Waals surface area contributed by atoms with Gasteiger partial charge in [-0.25, -0.2) is 23.5 Å². The lowest BCUT2D eigenvalue weighted by Gasteiger charge is -2.32. The summed E-state index contributed by atoms with van der Waals surface area (Å²) in [5, 5.41) is 4.45. The van der Waals surface area contributed by atoms with Crippen molar-refractivity contribution in [3.8, 4) is 11.1 Å². The van der Waals surface area contributed by atoms with Gasteiger partial charge in [-0.05, 0) is 63.4 Å². The average molecular weight is 648 g/mol. The Hall–Kier alpha value is -4.68. The van der Waals surface area contributed by atoms with Crippen molar-refractivity contribution >= 4 is 34.4 Å². The quantitative estimate of drug-likeness (QED) is 0.199. The first-order valence-electron chi connectivity index (χ1n) is 16.0. The van der Waals surface area contributed by atoms with Crippen LogP contribution in [0.2, 0.25) is 0 Å². The first-order valence-corrected chi connectivity index (χ1v) is 16.0. The lowest BCUT2D eigenvalue weighted by Crippen LogP contribution is -2.34. The van der Waals surface area contributed by atoms with Gasteiger partial charge in [0.1, 0.15) is 29.4 Å². The SMILES string of the molecule is CC(C)c1nc(C2CCN(c3ncnc4c(-c5ccc(N6CCN(CCC(=O)OC(C)(C)C)C6=O)c(F)c5)ccc(F)c34)CC2)no1. The van der Waals surface area contributed by atoms with Crippen molar-refractivity contribution in [2.24, 2.45) is 0 Å². The highest BCUT2D eigenvalue weighted by molar-refractivity contribution is 6.00. The Morgan fingerprint density at radius 2 is 1.81 bits per heavy atom. The number of carbonyl (C=O) groups excluding carboxylic acids is 2. The smallest absolute Gasteiger partial charge is 0.324 e. The molecule has 0 bridgehead atoms. The van der Waals surface area contributed by atoms with Crippen molar-refractivity contribution in [2.75, 3.05) is 42.5 Å². The van der Waals surface area contributed by atoms with Crippen LogP contribution in [-0.2, 0) is 9.53 Å². The van der Waals surface area contributed by atoms with E-state index < -0.39 is 23.2 Å². The number of hydrogen-bond donors (Lipinski definition) is 0. The zero-order chi connectivity index (χ0) is 33.5. The second kappa shape index (κ2) is 12.8. The van der Waals surface area contributed by atoms with Crippen LogP contribution in [0.4, 0.5) is 25.1 Å². The highest BCUT2D eigenvalue weighted by Crippen LogP contribution is 2.37. The zero-order valence-electron chi connectivity index (χ0n) is 27.3. The van der Waals surface area contributed by atoms with Gasteiger partial charge in [-0.2, -0.15) is 4.98 Å². The predicted molar refractivity (Wildman–Crippen MR) is 172 cm³/mol. The Labute approximate surface area is 271 Å². The second-order valence-electron chi connectivity index (χ2n) is 13.3. The Balaban J connectivity index is 1.19. The fraction of sp³-hybridized carbons (Fsp3) is 0.471. The van der Waals surface area contributed by atoms with Gasteiger partial charge in [-0.3, -0.25) is 9.69 Å². The normalized spacial score (nSPS) is 16.2. The lowest BCUT2D eigenvalue weighted by atomic mass is 9.95. The van der Waals surface area contributed by atoms with Gasteiger partial charge in [0.15, 0.2) is 5.82 Å². The number of anilines is 2. The van der Waals surface area contributed by atoms with E-state index in [0.717, 1.165) is 12.8 Å². The van der Waals surface area contributed by atoms with Gasteiger partial charge < -0.3 is 19.1 Å². The summed E-state index contributed by atoms with van der Waals surface area (Å²) in [7, 11) is 0. The van der Waals surface area contributed by atoms with Crippen LogP contribution < -0.4 is 9.80 Å². The molecule has 248 valence electrons. The molecule has 2 aromatic carbocycles. The number of amides is 2. The minimum atomic E-state index is -0.613. The topological polar surface area (TPSA) is 118 Å².